The van der Waals surface area contributed by atoms with Gasteiger partial charge in [-0.3, -0.25) is 4.79 Å². The van der Waals surface area contributed by atoms with Crippen molar-refractivity contribution in [1.29, 1.82) is 5.26 Å². The van der Waals surface area contributed by atoms with Gasteiger partial charge in [0.1, 0.15) is 5.82 Å². The Morgan fingerprint density at radius 3 is 2.65 bits per heavy atom. The van der Waals surface area contributed by atoms with Gasteiger partial charge in [0.2, 0.25) is 11.9 Å². The Morgan fingerprint density at radius 1 is 1.16 bits per heavy atom. The molecule has 0 bridgehead atoms. The fraction of sp³-hybridized carbons (Fsp3) is 0.286. The molecule has 1 aliphatic rings. The second kappa shape index (κ2) is 11.3. The number of amides is 1. The molecule has 1 saturated carbocycles. The standard InChI is InChI=1S/C28H28N6O3/c1-36-24-16-19(14-22-17-32-28(31)33-26(22)30)13-21(25(24)37-2)8-7-18-5-3-6-23(15-18)34(12-4-11-29)27(35)20-9-10-20/h3,5-6,13,15-17,20H,4,9-10,12,14H2,1-2H3,(H4,30,31,32,33). The first kappa shape index (κ1) is 25.3. The molecule has 0 spiro atoms. The maximum atomic E-state index is 12.8. The van der Waals surface area contributed by atoms with Crippen molar-refractivity contribution in [2.45, 2.75) is 25.7 Å². The second-order valence-corrected chi connectivity index (χ2v) is 8.67. The topological polar surface area (TPSA) is 140 Å². The van der Waals surface area contributed by atoms with Crippen LogP contribution >= 0.6 is 0 Å². The van der Waals surface area contributed by atoms with E-state index in [0.717, 1.165) is 35.2 Å². The lowest BCUT2D eigenvalue weighted by Crippen LogP contribution is -2.33. The normalized spacial score (nSPS) is 12.1. The molecular formula is C28H28N6O3. The Bertz CT molecular complexity index is 1420. The molecule has 4 rings (SSSR count). The van der Waals surface area contributed by atoms with Gasteiger partial charge in [-0.2, -0.15) is 10.2 Å². The summed E-state index contributed by atoms with van der Waals surface area (Å²) in [6, 6.07) is 13.4. The summed E-state index contributed by atoms with van der Waals surface area (Å²) in [4.78, 5) is 22.6. The van der Waals surface area contributed by atoms with Crippen LogP contribution in [-0.2, 0) is 11.2 Å². The number of carbonyl (C=O) groups excluding carboxylic acids is 1. The van der Waals surface area contributed by atoms with Crippen LogP contribution in [-0.4, -0.2) is 36.6 Å². The maximum Gasteiger partial charge on any atom is 0.230 e. The average molecular weight is 497 g/mol. The molecule has 37 heavy (non-hydrogen) atoms. The fourth-order valence-electron chi connectivity index (χ4n) is 3.98. The zero-order chi connectivity index (χ0) is 26.4. The van der Waals surface area contributed by atoms with Gasteiger partial charge in [0.15, 0.2) is 11.5 Å². The van der Waals surface area contributed by atoms with Crippen molar-refractivity contribution in [1.82, 2.24) is 9.97 Å². The number of hydrogen-bond donors (Lipinski definition) is 2. The highest BCUT2D eigenvalue weighted by molar-refractivity contribution is 5.96. The van der Waals surface area contributed by atoms with Crippen molar-refractivity contribution in [3.05, 3.63) is 64.8 Å². The molecule has 0 radical (unpaired) electrons. The minimum atomic E-state index is 0.0494. The van der Waals surface area contributed by atoms with Crippen molar-refractivity contribution >= 4 is 23.4 Å². The Morgan fingerprint density at radius 2 is 1.97 bits per heavy atom. The highest BCUT2D eigenvalue weighted by atomic mass is 16.5. The fourth-order valence-corrected chi connectivity index (χ4v) is 3.98. The van der Waals surface area contributed by atoms with Crippen LogP contribution in [0.3, 0.4) is 0 Å². The minimum Gasteiger partial charge on any atom is -0.493 e. The summed E-state index contributed by atoms with van der Waals surface area (Å²) in [5, 5.41) is 9.05. The van der Waals surface area contributed by atoms with Crippen molar-refractivity contribution in [3.8, 4) is 29.4 Å². The minimum absolute atomic E-state index is 0.0494. The van der Waals surface area contributed by atoms with Crippen LogP contribution < -0.4 is 25.8 Å². The molecule has 1 heterocycles. The molecule has 0 saturated heterocycles. The van der Waals surface area contributed by atoms with Gasteiger partial charge in [-0.25, -0.2) is 4.98 Å². The van der Waals surface area contributed by atoms with E-state index in [1.165, 1.54) is 0 Å². The van der Waals surface area contributed by atoms with Crippen LogP contribution in [0.4, 0.5) is 17.5 Å². The highest BCUT2D eigenvalue weighted by Crippen LogP contribution is 2.34. The van der Waals surface area contributed by atoms with E-state index in [4.69, 9.17) is 26.2 Å². The molecular weight excluding hydrogens is 468 g/mol. The summed E-state index contributed by atoms with van der Waals surface area (Å²) >= 11 is 0. The number of ether oxygens (including phenoxy) is 2. The summed E-state index contributed by atoms with van der Waals surface area (Å²) in [6.45, 7) is 0.355. The van der Waals surface area contributed by atoms with Gasteiger partial charge in [0, 0.05) is 41.9 Å². The molecule has 4 N–H and O–H groups in total. The van der Waals surface area contributed by atoms with E-state index in [2.05, 4.69) is 27.9 Å². The first-order valence-corrected chi connectivity index (χ1v) is 11.9. The van der Waals surface area contributed by atoms with Crippen molar-refractivity contribution < 1.29 is 14.3 Å². The number of nitrogens with zero attached hydrogens (tertiary/aromatic N) is 4. The van der Waals surface area contributed by atoms with Gasteiger partial charge in [0.05, 0.1) is 32.3 Å². The van der Waals surface area contributed by atoms with Gasteiger partial charge in [0.25, 0.3) is 0 Å². The predicted octanol–water partition coefficient (Wildman–Crippen LogP) is 3.31. The van der Waals surface area contributed by atoms with E-state index in [0.29, 0.717) is 35.8 Å². The van der Waals surface area contributed by atoms with Crippen molar-refractivity contribution in [3.63, 3.8) is 0 Å². The zero-order valence-corrected chi connectivity index (χ0v) is 20.8. The molecule has 1 aromatic heterocycles. The number of methoxy groups -OCH3 is 2. The monoisotopic (exact) mass is 496 g/mol. The molecule has 0 unspecified atom stereocenters. The van der Waals surface area contributed by atoms with Crippen molar-refractivity contribution in [2.75, 3.05) is 37.1 Å². The Labute approximate surface area is 216 Å². The predicted molar refractivity (Wildman–Crippen MR) is 141 cm³/mol. The summed E-state index contributed by atoms with van der Waals surface area (Å²) in [5.74, 6) is 7.95. The van der Waals surface area contributed by atoms with E-state index in [1.54, 1.807) is 25.3 Å². The van der Waals surface area contributed by atoms with E-state index in [9.17, 15) is 4.79 Å². The van der Waals surface area contributed by atoms with Crippen molar-refractivity contribution in [2.24, 2.45) is 5.92 Å². The number of benzene rings is 2. The van der Waals surface area contributed by atoms with Gasteiger partial charge in [-0.15, -0.1) is 0 Å². The molecule has 0 aliphatic heterocycles. The van der Waals surface area contributed by atoms with E-state index < -0.39 is 0 Å². The van der Waals surface area contributed by atoms with Crippen LogP contribution in [0.25, 0.3) is 0 Å². The Hall–Kier alpha value is -4.76. The van der Waals surface area contributed by atoms with E-state index in [1.807, 2.05) is 36.4 Å². The van der Waals surface area contributed by atoms with E-state index in [-0.39, 0.29) is 24.2 Å². The van der Waals surface area contributed by atoms with Crippen LogP contribution in [0.15, 0.2) is 42.6 Å². The van der Waals surface area contributed by atoms with Crippen LogP contribution in [0.1, 0.15) is 41.5 Å². The lowest BCUT2D eigenvalue weighted by atomic mass is 10.0. The number of nitrogen functional groups attached to an aromatic ring is 2. The summed E-state index contributed by atoms with van der Waals surface area (Å²) in [7, 11) is 3.13. The van der Waals surface area contributed by atoms with Gasteiger partial charge in [-0.05, 0) is 48.7 Å². The molecule has 188 valence electrons. The number of nitriles is 1. The highest BCUT2D eigenvalue weighted by Gasteiger charge is 2.33. The Kier molecular flexibility index (Phi) is 7.75. The lowest BCUT2D eigenvalue weighted by molar-refractivity contribution is -0.119. The van der Waals surface area contributed by atoms with E-state index >= 15 is 0 Å². The lowest BCUT2D eigenvalue weighted by Gasteiger charge is -2.22. The molecule has 0 atom stereocenters. The summed E-state index contributed by atoms with van der Waals surface area (Å²) in [6.07, 6.45) is 4.11. The first-order valence-electron chi connectivity index (χ1n) is 11.9. The number of anilines is 3. The Balaban J connectivity index is 1.67. The van der Waals surface area contributed by atoms with Crippen LogP contribution in [0.5, 0.6) is 11.5 Å². The molecule has 1 amide bonds. The molecule has 2 aromatic carbocycles. The maximum absolute atomic E-state index is 12.8. The molecule has 1 aliphatic carbocycles. The zero-order valence-electron chi connectivity index (χ0n) is 20.8. The smallest absolute Gasteiger partial charge is 0.230 e. The van der Waals surface area contributed by atoms with Crippen LogP contribution in [0, 0.1) is 29.1 Å². The molecule has 3 aromatic rings. The number of aromatic nitrogens is 2. The quantitative estimate of drug-likeness (QED) is 0.453. The molecule has 9 heteroatoms. The number of hydrogen-bond acceptors (Lipinski definition) is 8. The number of nitrogens with two attached hydrogens (primary N) is 2. The van der Waals surface area contributed by atoms with Gasteiger partial charge >= 0.3 is 0 Å². The third-order valence-electron chi connectivity index (χ3n) is 5.99. The SMILES string of the molecule is COc1cc(Cc2cnc(N)nc2N)cc(C#Cc2cccc(N(CCC#N)C(=O)C3CC3)c2)c1OC. The first-order chi connectivity index (χ1) is 17.9. The number of carbonyl (C=O) groups is 1. The van der Waals surface area contributed by atoms with Crippen LogP contribution in [0.2, 0.25) is 0 Å². The summed E-state index contributed by atoms with van der Waals surface area (Å²) in [5.41, 5.74) is 15.3. The van der Waals surface area contributed by atoms with Gasteiger partial charge in [-0.1, -0.05) is 17.9 Å². The largest absolute Gasteiger partial charge is 0.493 e. The third-order valence-corrected chi connectivity index (χ3v) is 5.99. The third kappa shape index (κ3) is 6.09. The summed E-state index contributed by atoms with van der Waals surface area (Å²) < 4.78 is 11.1. The average Bonchev–Trinajstić information content (AvgIpc) is 3.75. The number of rotatable bonds is 8. The molecule has 1 fully saturated rings. The second-order valence-electron chi connectivity index (χ2n) is 8.67. The molecule has 9 nitrogen and oxygen atoms in total. The van der Waals surface area contributed by atoms with Gasteiger partial charge < -0.3 is 25.8 Å².